The molecular formula is C11H24N2O. The summed E-state index contributed by atoms with van der Waals surface area (Å²) in [5.74, 6) is 0. The van der Waals surface area contributed by atoms with E-state index in [-0.39, 0.29) is 0 Å². The van der Waals surface area contributed by atoms with Crippen molar-refractivity contribution in [2.24, 2.45) is 0 Å². The van der Waals surface area contributed by atoms with Gasteiger partial charge in [-0.25, -0.2) is 0 Å². The number of rotatable bonds is 7. The highest BCUT2D eigenvalue weighted by Crippen LogP contribution is 2.09. The van der Waals surface area contributed by atoms with E-state index in [0.29, 0.717) is 6.61 Å². The van der Waals surface area contributed by atoms with Crippen molar-refractivity contribution in [3.8, 4) is 0 Å². The zero-order valence-corrected chi connectivity index (χ0v) is 9.34. The molecule has 1 aliphatic heterocycles. The lowest BCUT2D eigenvalue weighted by atomic mass is 10.2. The number of aliphatic hydroxyl groups excluding tert-OH is 1. The fourth-order valence-corrected chi connectivity index (χ4v) is 2.15. The summed E-state index contributed by atoms with van der Waals surface area (Å²) < 4.78 is 0. The van der Waals surface area contributed by atoms with Gasteiger partial charge in [-0.1, -0.05) is 6.92 Å². The van der Waals surface area contributed by atoms with E-state index in [1.807, 2.05) is 0 Å². The molecule has 2 N–H and O–H groups in total. The average molecular weight is 200 g/mol. The van der Waals surface area contributed by atoms with Gasteiger partial charge in [0.2, 0.25) is 0 Å². The van der Waals surface area contributed by atoms with Crippen molar-refractivity contribution < 1.29 is 5.11 Å². The molecule has 0 saturated carbocycles. The Morgan fingerprint density at radius 1 is 1.36 bits per heavy atom. The Hall–Kier alpha value is -0.120. The Bertz CT molecular complexity index is 135. The third-order valence-corrected chi connectivity index (χ3v) is 3.06. The molecule has 0 aromatic heterocycles. The van der Waals surface area contributed by atoms with Crippen molar-refractivity contribution in [3.63, 3.8) is 0 Å². The standard InChI is InChI=1S/C11H24N2O/c1-2-13(8-4-3-5-9-14)11-6-7-12-10-11/h11-12,14H,2-10H2,1H3. The molecular weight excluding hydrogens is 176 g/mol. The zero-order valence-electron chi connectivity index (χ0n) is 9.34. The van der Waals surface area contributed by atoms with E-state index in [2.05, 4.69) is 17.1 Å². The van der Waals surface area contributed by atoms with E-state index >= 15 is 0 Å². The Morgan fingerprint density at radius 3 is 2.79 bits per heavy atom. The van der Waals surface area contributed by atoms with Gasteiger partial charge in [0.25, 0.3) is 0 Å². The van der Waals surface area contributed by atoms with Crippen LogP contribution in [-0.2, 0) is 0 Å². The van der Waals surface area contributed by atoms with E-state index in [0.717, 1.165) is 32.0 Å². The van der Waals surface area contributed by atoms with Crippen molar-refractivity contribution in [2.45, 2.75) is 38.6 Å². The summed E-state index contributed by atoms with van der Waals surface area (Å²) in [4.78, 5) is 2.57. The normalized spacial score (nSPS) is 22.1. The predicted octanol–water partition coefficient (Wildman–Crippen LogP) is 0.833. The van der Waals surface area contributed by atoms with Crippen LogP contribution in [0.5, 0.6) is 0 Å². The molecule has 3 nitrogen and oxygen atoms in total. The molecule has 1 atom stereocenters. The van der Waals surface area contributed by atoms with Gasteiger partial charge in [0.15, 0.2) is 0 Å². The second-order valence-corrected chi connectivity index (χ2v) is 4.06. The second kappa shape index (κ2) is 7.21. The first-order valence-electron chi connectivity index (χ1n) is 5.94. The number of aliphatic hydroxyl groups is 1. The van der Waals surface area contributed by atoms with Crippen LogP contribution in [0, 0.1) is 0 Å². The van der Waals surface area contributed by atoms with Crippen LogP contribution in [0.25, 0.3) is 0 Å². The summed E-state index contributed by atoms with van der Waals surface area (Å²) in [5, 5.41) is 12.1. The number of unbranched alkanes of at least 4 members (excludes halogenated alkanes) is 2. The highest BCUT2D eigenvalue weighted by atomic mass is 16.2. The van der Waals surface area contributed by atoms with Crippen molar-refractivity contribution in [1.82, 2.24) is 10.2 Å². The molecule has 3 heteroatoms. The third kappa shape index (κ3) is 3.95. The van der Waals surface area contributed by atoms with Gasteiger partial charge in [-0.05, 0) is 45.3 Å². The topological polar surface area (TPSA) is 35.5 Å². The molecule has 0 aliphatic carbocycles. The third-order valence-electron chi connectivity index (χ3n) is 3.06. The minimum atomic E-state index is 0.344. The van der Waals surface area contributed by atoms with E-state index in [4.69, 9.17) is 5.11 Å². The Kier molecular flexibility index (Phi) is 6.15. The number of likely N-dealkylation sites (N-methyl/N-ethyl adjacent to an activating group) is 1. The summed E-state index contributed by atoms with van der Waals surface area (Å²) in [6, 6.07) is 0.758. The van der Waals surface area contributed by atoms with Crippen LogP contribution in [0.1, 0.15) is 32.6 Å². The molecule has 0 bridgehead atoms. The average Bonchev–Trinajstić information content (AvgIpc) is 2.71. The highest BCUT2D eigenvalue weighted by Gasteiger charge is 2.19. The van der Waals surface area contributed by atoms with Crippen LogP contribution in [0.15, 0.2) is 0 Å². The van der Waals surface area contributed by atoms with Gasteiger partial charge in [0.1, 0.15) is 0 Å². The van der Waals surface area contributed by atoms with E-state index in [9.17, 15) is 0 Å². The largest absolute Gasteiger partial charge is 0.396 e. The van der Waals surface area contributed by atoms with Gasteiger partial charge in [0, 0.05) is 19.2 Å². The van der Waals surface area contributed by atoms with Crippen LogP contribution in [-0.4, -0.2) is 48.8 Å². The van der Waals surface area contributed by atoms with Crippen LogP contribution >= 0.6 is 0 Å². The highest BCUT2D eigenvalue weighted by molar-refractivity contribution is 4.79. The molecule has 1 rings (SSSR count). The Morgan fingerprint density at radius 2 is 2.21 bits per heavy atom. The Labute approximate surface area is 87.5 Å². The molecule has 1 saturated heterocycles. The predicted molar refractivity (Wildman–Crippen MR) is 59.5 cm³/mol. The van der Waals surface area contributed by atoms with Gasteiger partial charge in [-0.3, -0.25) is 4.90 Å². The van der Waals surface area contributed by atoms with Gasteiger partial charge in [0.05, 0.1) is 0 Å². The van der Waals surface area contributed by atoms with Gasteiger partial charge in [-0.15, -0.1) is 0 Å². The lowest BCUT2D eigenvalue weighted by Crippen LogP contribution is -2.37. The van der Waals surface area contributed by atoms with Gasteiger partial charge < -0.3 is 10.4 Å². The molecule has 0 aromatic rings. The van der Waals surface area contributed by atoms with Crippen molar-refractivity contribution in [1.29, 1.82) is 0 Å². The molecule has 0 amide bonds. The summed E-state index contributed by atoms with van der Waals surface area (Å²) in [6.07, 6.45) is 4.65. The number of hydrogen-bond donors (Lipinski definition) is 2. The van der Waals surface area contributed by atoms with Gasteiger partial charge >= 0.3 is 0 Å². The van der Waals surface area contributed by atoms with Crippen molar-refractivity contribution in [2.75, 3.05) is 32.8 Å². The molecule has 1 heterocycles. The molecule has 1 unspecified atom stereocenters. The van der Waals surface area contributed by atoms with Crippen molar-refractivity contribution in [3.05, 3.63) is 0 Å². The lowest BCUT2D eigenvalue weighted by Gasteiger charge is -2.26. The summed E-state index contributed by atoms with van der Waals surface area (Å²) >= 11 is 0. The van der Waals surface area contributed by atoms with Crippen molar-refractivity contribution >= 4 is 0 Å². The quantitative estimate of drug-likeness (QED) is 0.598. The molecule has 84 valence electrons. The number of nitrogens with zero attached hydrogens (tertiary/aromatic N) is 1. The minimum absolute atomic E-state index is 0.344. The molecule has 0 spiro atoms. The maximum atomic E-state index is 8.68. The molecule has 0 radical (unpaired) electrons. The fraction of sp³-hybridized carbons (Fsp3) is 1.00. The number of nitrogens with one attached hydrogen (secondary N) is 1. The first-order chi connectivity index (χ1) is 6.88. The SMILES string of the molecule is CCN(CCCCCO)C1CCNC1. The van der Waals surface area contributed by atoms with E-state index in [1.165, 1.54) is 25.9 Å². The maximum absolute atomic E-state index is 8.68. The van der Waals surface area contributed by atoms with Gasteiger partial charge in [-0.2, -0.15) is 0 Å². The second-order valence-electron chi connectivity index (χ2n) is 4.06. The summed E-state index contributed by atoms with van der Waals surface area (Å²) in [5.41, 5.74) is 0. The van der Waals surface area contributed by atoms with E-state index < -0.39 is 0 Å². The zero-order chi connectivity index (χ0) is 10.2. The molecule has 1 fully saturated rings. The lowest BCUT2D eigenvalue weighted by molar-refractivity contribution is 0.210. The first kappa shape index (κ1) is 12.0. The first-order valence-corrected chi connectivity index (χ1v) is 5.94. The van der Waals surface area contributed by atoms with Crippen LogP contribution in [0.4, 0.5) is 0 Å². The fourth-order valence-electron chi connectivity index (χ4n) is 2.15. The number of hydrogen-bond acceptors (Lipinski definition) is 3. The minimum Gasteiger partial charge on any atom is -0.396 e. The summed E-state index contributed by atoms with van der Waals surface area (Å²) in [6.45, 7) is 7.28. The summed E-state index contributed by atoms with van der Waals surface area (Å²) in [7, 11) is 0. The Balaban J connectivity index is 2.11. The molecule has 0 aromatic carbocycles. The van der Waals surface area contributed by atoms with Crippen LogP contribution in [0.2, 0.25) is 0 Å². The van der Waals surface area contributed by atoms with Crippen LogP contribution < -0.4 is 5.32 Å². The van der Waals surface area contributed by atoms with Crippen LogP contribution in [0.3, 0.4) is 0 Å². The molecule has 14 heavy (non-hydrogen) atoms. The molecule has 1 aliphatic rings. The monoisotopic (exact) mass is 200 g/mol. The van der Waals surface area contributed by atoms with E-state index in [1.54, 1.807) is 0 Å². The maximum Gasteiger partial charge on any atom is 0.0431 e. The smallest absolute Gasteiger partial charge is 0.0431 e.